The van der Waals surface area contributed by atoms with Crippen molar-refractivity contribution in [2.45, 2.75) is 31.8 Å². The zero-order valence-electron chi connectivity index (χ0n) is 10.1. The first kappa shape index (κ1) is 13.0. The highest BCUT2D eigenvalue weighted by Gasteiger charge is 2.20. The molecule has 0 saturated heterocycles. The number of nitrogens with zero attached hydrogens (tertiary/aromatic N) is 1. The number of pyridine rings is 1. The van der Waals surface area contributed by atoms with Crippen LogP contribution in [0.5, 0.6) is 0 Å². The van der Waals surface area contributed by atoms with Gasteiger partial charge in [-0.25, -0.2) is 4.98 Å². The summed E-state index contributed by atoms with van der Waals surface area (Å²) < 4.78 is 12.6. The summed E-state index contributed by atoms with van der Waals surface area (Å²) in [6, 6.07) is 2.58. The molecule has 0 spiro atoms. The molecule has 1 saturated carbocycles. The van der Waals surface area contributed by atoms with Crippen molar-refractivity contribution in [2.75, 3.05) is 6.54 Å². The molecule has 2 rings (SSSR count). The van der Waals surface area contributed by atoms with Crippen molar-refractivity contribution in [3.8, 4) is 0 Å². The maximum absolute atomic E-state index is 12.6. The Balaban J connectivity index is 1.82. The Bertz CT molecular complexity index is 408. The monoisotopic (exact) mass is 252 g/mol. The van der Waals surface area contributed by atoms with E-state index in [1.165, 1.54) is 18.3 Å². The molecule has 0 aliphatic heterocycles. The fraction of sp³-hybridized carbons (Fsp3) is 0.538. The van der Waals surface area contributed by atoms with Gasteiger partial charge in [0.15, 0.2) is 0 Å². The van der Waals surface area contributed by atoms with Gasteiger partial charge in [-0.2, -0.15) is 4.39 Å². The van der Waals surface area contributed by atoms with Crippen LogP contribution in [-0.2, 0) is 0 Å². The molecule has 1 heterocycles. The molecule has 1 amide bonds. The number of aliphatic hydroxyl groups is 1. The lowest BCUT2D eigenvalue weighted by molar-refractivity contribution is 0.0873. The number of carbonyl (C=O) groups excluding carboxylic acids is 1. The fourth-order valence-electron chi connectivity index (χ4n) is 2.30. The van der Waals surface area contributed by atoms with Gasteiger partial charge in [0.2, 0.25) is 5.95 Å². The molecule has 18 heavy (non-hydrogen) atoms. The summed E-state index contributed by atoms with van der Waals surface area (Å²) in [7, 11) is 0. The Morgan fingerprint density at radius 3 is 3.00 bits per heavy atom. The summed E-state index contributed by atoms with van der Waals surface area (Å²) in [6.45, 7) is 0.549. The maximum atomic E-state index is 12.6. The van der Waals surface area contributed by atoms with Crippen LogP contribution in [-0.4, -0.2) is 28.6 Å². The summed E-state index contributed by atoms with van der Waals surface area (Å²) >= 11 is 0. The third kappa shape index (κ3) is 3.50. The van der Waals surface area contributed by atoms with E-state index < -0.39 is 5.95 Å². The van der Waals surface area contributed by atoms with Gasteiger partial charge in [-0.1, -0.05) is 6.42 Å². The van der Waals surface area contributed by atoms with Gasteiger partial charge in [-0.05, 0) is 37.3 Å². The van der Waals surface area contributed by atoms with Crippen LogP contribution in [0.25, 0.3) is 0 Å². The average Bonchev–Trinajstić information content (AvgIpc) is 2.37. The number of hydrogen-bond donors (Lipinski definition) is 2. The first-order valence-corrected chi connectivity index (χ1v) is 6.23. The predicted molar refractivity (Wildman–Crippen MR) is 64.5 cm³/mol. The quantitative estimate of drug-likeness (QED) is 0.801. The van der Waals surface area contributed by atoms with E-state index in [0.717, 1.165) is 25.7 Å². The van der Waals surface area contributed by atoms with Gasteiger partial charge < -0.3 is 10.4 Å². The standard InChI is InChI=1S/C13H17FN2O2/c14-12-5-4-10(8-15-12)13(18)16-7-9-2-1-3-11(17)6-9/h4-5,8-9,11,17H,1-3,6-7H2,(H,16,18). The molecule has 1 fully saturated rings. The minimum absolute atomic E-state index is 0.242. The largest absolute Gasteiger partial charge is 0.393 e. The topological polar surface area (TPSA) is 62.2 Å². The van der Waals surface area contributed by atoms with Crippen LogP contribution in [0.1, 0.15) is 36.0 Å². The Morgan fingerprint density at radius 2 is 2.33 bits per heavy atom. The Kier molecular flexibility index (Phi) is 4.25. The van der Waals surface area contributed by atoms with Crippen LogP contribution < -0.4 is 5.32 Å². The van der Waals surface area contributed by atoms with Crippen LogP contribution in [0.15, 0.2) is 18.3 Å². The van der Waals surface area contributed by atoms with Crippen molar-refractivity contribution in [3.63, 3.8) is 0 Å². The van der Waals surface area contributed by atoms with Crippen molar-refractivity contribution >= 4 is 5.91 Å². The second-order valence-electron chi connectivity index (χ2n) is 4.77. The molecule has 2 unspecified atom stereocenters. The summed E-state index contributed by atoms with van der Waals surface area (Å²) in [5.41, 5.74) is 0.354. The van der Waals surface area contributed by atoms with Crippen molar-refractivity contribution in [3.05, 3.63) is 29.8 Å². The lowest BCUT2D eigenvalue weighted by atomic mass is 9.87. The van der Waals surface area contributed by atoms with Gasteiger partial charge in [0.25, 0.3) is 5.91 Å². The molecule has 1 aliphatic rings. The average molecular weight is 252 g/mol. The molecule has 0 radical (unpaired) electrons. The molecule has 0 aromatic carbocycles. The molecule has 1 aromatic rings. The zero-order chi connectivity index (χ0) is 13.0. The van der Waals surface area contributed by atoms with E-state index in [2.05, 4.69) is 10.3 Å². The van der Waals surface area contributed by atoms with Gasteiger partial charge in [-0.15, -0.1) is 0 Å². The Hall–Kier alpha value is -1.49. The number of hydrogen-bond acceptors (Lipinski definition) is 3. The van der Waals surface area contributed by atoms with E-state index in [1.54, 1.807) is 0 Å². The third-order valence-electron chi connectivity index (χ3n) is 3.30. The van der Waals surface area contributed by atoms with Crippen LogP contribution >= 0.6 is 0 Å². The number of aliphatic hydroxyl groups excluding tert-OH is 1. The molecule has 1 aromatic heterocycles. The summed E-state index contributed by atoms with van der Waals surface area (Å²) in [5, 5.41) is 12.3. The van der Waals surface area contributed by atoms with Crippen molar-refractivity contribution in [2.24, 2.45) is 5.92 Å². The smallest absolute Gasteiger partial charge is 0.252 e. The summed E-state index contributed by atoms with van der Waals surface area (Å²) in [6.07, 6.45) is 4.60. The van der Waals surface area contributed by atoms with E-state index in [0.29, 0.717) is 18.0 Å². The van der Waals surface area contributed by atoms with Gasteiger partial charge in [0.1, 0.15) is 0 Å². The van der Waals surface area contributed by atoms with E-state index >= 15 is 0 Å². The zero-order valence-corrected chi connectivity index (χ0v) is 10.1. The molecular formula is C13H17FN2O2. The van der Waals surface area contributed by atoms with Crippen LogP contribution in [0.4, 0.5) is 4.39 Å². The fourth-order valence-corrected chi connectivity index (χ4v) is 2.30. The Morgan fingerprint density at radius 1 is 1.50 bits per heavy atom. The number of carbonyl (C=O) groups is 1. The number of amides is 1. The minimum atomic E-state index is -0.595. The second kappa shape index (κ2) is 5.91. The van der Waals surface area contributed by atoms with Crippen molar-refractivity contribution in [1.29, 1.82) is 0 Å². The van der Waals surface area contributed by atoms with Crippen LogP contribution in [0.3, 0.4) is 0 Å². The van der Waals surface area contributed by atoms with Gasteiger partial charge in [0, 0.05) is 12.7 Å². The molecule has 1 aliphatic carbocycles. The maximum Gasteiger partial charge on any atom is 0.252 e. The number of aromatic nitrogens is 1. The molecule has 4 nitrogen and oxygen atoms in total. The second-order valence-corrected chi connectivity index (χ2v) is 4.77. The van der Waals surface area contributed by atoms with Crippen LogP contribution in [0.2, 0.25) is 0 Å². The molecule has 2 atom stereocenters. The number of rotatable bonds is 3. The first-order valence-electron chi connectivity index (χ1n) is 6.23. The Labute approximate surface area is 105 Å². The van der Waals surface area contributed by atoms with Gasteiger partial charge in [0.05, 0.1) is 11.7 Å². The lowest BCUT2D eigenvalue weighted by Gasteiger charge is -2.25. The molecule has 0 bridgehead atoms. The highest BCUT2D eigenvalue weighted by molar-refractivity contribution is 5.93. The molecule has 98 valence electrons. The highest BCUT2D eigenvalue weighted by atomic mass is 19.1. The van der Waals surface area contributed by atoms with E-state index in [-0.39, 0.29) is 12.0 Å². The molecular weight excluding hydrogens is 235 g/mol. The lowest BCUT2D eigenvalue weighted by Crippen LogP contribution is -2.33. The van der Waals surface area contributed by atoms with E-state index in [9.17, 15) is 14.3 Å². The van der Waals surface area contributed by atoms with Crippen LogP contribution in [0, 0.1) is 11.9 Å². The third-order valence-corrected chi connectivity index (χ3v) is 3.30. The predicted octanol–water partition coefficient (Wildman–Crippen LogP) is 1.50. The number of halogens is 1. The summed E-state index contributed by atoms with van der Waals surface area (Å²) in [5.74, 6) is -0.518. The number of nitrogens with one attached hydrogen (secondary N) is 1. The normalized spacial score (nSPS) is 23.7. The van der Waals surface area contributed by atoms with Crippen molar-refractivity contribution in [1.82, 2.24) is 10.3 Å². The first-order chi connectivity index (χ1) is 8.65. The van der Waals surface area contributed by atoms with Gasteiger partial charge >= 0.3 is 0 Å². The van der Waals surface area contributed by atoms with E-state index in [4.69, 9.17) is 0 Å². The van der Waals surface area contributed by atoms with Crippen molar-refractivity contribution < 1.29 is 14.3 Å². The highest BCUT2D eigenvalue weighted by Crippen LogP contribution is 2.23. The van der Waals surface area contributed by atoms with E-state index in [1.807, 2.05) is 0 Å². The minimum Gasteiger partial charge on any atom is -0.393 e. The van der Waals surface area contributed by atoms with Gasteiger partial charge in [-0.3, -0.25) is 4.79 Å². The SMILES string of the molecule is O=C(NCC1CCCC(O)C1)c1ccc(F)nc1. The summed E-state index contributed by atoms with van der Waals surface area (Å²) in [4.78, 5) is 15.2. The molecule has 2 N–H and O–H groups in total. The molecule has 5 heteroatoms.